The van der Waals surface area contributed by atoms with Crippen molar-refractivity contribution in [3.63, 3.8) is 0 Å². The van der Waals surface area contributed by atoms with Crippen molar-refractivity contribution in [3.05, 3.63) is 0 Å². The quantitative estimate of drug-likeness (QED) is 0.661. The number of carbonyl (C=O) groups is 1. The highest BCUT2D eigenvalue weighted by Crippen LogP contribution is 2.33. The highest BCUT2D eigenvalue weighted by molar-refractivity contribution is 5.81. The molecule has 0 bridgehead atoms. The van der Waals surface area contributed by atoms with Crippen LogP contribution in [0.4, 0.5) is 0 Å². The molecule has 0 aromatic rings. The molecule has 0 aromatic carbocycles. The molecule has 0 radical (unpaired) electrons. The standard InChI is InChI=1S/C11H19NO/c1-2-7-12(9-3-4-9)10-5-6-11(13)8-10/h9-10H,2-8H2,1H3. The van der Waals surface area contributed by atoms with E-state index in [1.54, 1.807) is 0 Å². The maximum Gasteiger partial charge on any atom is 0.134 e. The van der Waals surface area contributed by atoms with Crippen molar-refractivity contribution in [3.8, 4) is 0 Å². The summed E-state index contributed by atoms with van der Waals surface area (Å²) in [5.74, 6) is 0.478. The highest BCUT2D eigenvalue weighted by atomic mass is 16.1. The van der Waals surface area contributed by atoms with Gasteiger partial charge in [-0.15, -0.1) is 0 Å². The van der Waals surface area contributed by atoms with Crippen LogP contribution in [0, 0.1) is 0 Å². The fourth-order valence-electron chi connectivity index (χ4n) is 2.41. The number of Topliss-reactive ketones (excluding diaryl/α,β-unsaturated/α-hetero) is 1. The minimum atomic E-state index is 0.478. The van der Waals surface area contributed by atoms with E-state index in [9.17, 15) is 4.79 Å². The van der Waals surface area contributed by atoms with E-state index in [0.717, 1.165) is 25.3 Å². The van der Waals surface area contributed by atoms with Crippen LogP contribution in [0.5, 0.6) is 0 Å². The zero-order valence-corrected chi connectivity index (χ0v) is 8.46. The van der Waals surface area contributed by atoms with E-state index in [1.807, 2.05) is 0 Å². The molecule has 13 heavy (non-hydrogen) atoms. The van der Waals surface area contributed by atoms with Crippen LogP contribution in [0.2, 0.25) is 0 Å². The second-order valence-corrected chi connectivity index (χ2v) is 4.40. The summed E-state index contributed by atoms with van der Waals surface area (Å²) in [5, 5.41) is 0. The van der Waals surface area contributed by atoms with Crippen LogP contribution in [0.1, 0.15) is 45.4 Å². The Balaban J connectivity index is 1.90. The van der Waals surface area contributed by atoms with Gasteiger partial charge < -0.3 is 0 Å². The summed E-state index contributed by atoms with van der Waals surface area (Å²) in [6, 6.07) is 1.43. The average Bonchev–Trinajstić information content (AvgIpc) is 2.85. The molecule has 1 unspecified atom stereocenters. The van der Waals surface area contributed by atoms with E-state index in [0.29, 0.717) is 11.8 Å². The number of rotatable bonds is 4. The van der Waals surface area contributed by atoms with Gasteiger partial charge in [-0.25, -0.2) is 0 Å². The van der Waals surface area contributed by atoms with Gasteiger partial charge in [0.1, 0.15) is 5.78 Å². The van der Waals surface area contributed by atoms with Crippen molar-refractivity contribution in [1.29, 1.82) is 0 Å². The van der Waals surface area contributed by atoms with Crippen LogP contribution in [0.15, 0.2) is 0 Å². The molecule has 0 aliphatic heterocycles. The summed E-state index contributed by atoms with van der Waals surface area (Å²) < 4.78 is 0. The van der Waals surface area contributed by atoms with Crippen LogP contribution < -0.4 is 0 Å². The zero-order chi connectivity index (χ0) is 9.26. The van der Waals surface area contributed by atoms with E-state index >= 15 is 0 Å². The molecule has 2 rings (SSSR count). The summed E-state index contributed by atoms with van der Waals surface area (Å²) in [4.78, 5) is 13.8. The lowest BCUT2D eigenvalue weighted by molar-refractivity contribution is -0.117. The first-order valence-corrected chi connectivity index (χ1v) is 5.58. The molecule has 2 aliphatic rings. The van der Waals surface area contributed by atoms with E-state index in [2.05, 4.69) is 11.8 Å². The molecule has 1 atom stereocenters. The molecule has 0 aromatic heterocycles. The molecule has 2 nitrogen and oxygen atoms in total. The van der Waals surface area contributed by atoms with Gasteiger partial charge in [0.2, 0.25) is 0 Å². The van der Waals surface area contributed by atoms with Crippen LogP contribution in [0.3, 0.4) is 0 Å². The van der Waals surface area contributed by atoms with Crippen LogP contribution in [0.25, 0.3) is 0 Å². The third-order valence-electron chi connectivity index (χ3n) is 3.19. The molecule has 0 amide bonds. The van der Waals surface area contributed by atoms with Gasteiger partial charge in [-0.2, -0.15) is 0 Å². The molecule has 0 spiro atoms. The predicted octanol–water partition coefficient (Wildman–Crippen LogP) is 1.98. The van der Waals surface area contributed by atoms with Crippen molar-refractivity contribution in [2.75, 3.05) is 6.54 Å². The Bertz CT molecular complexity index is 198. The van der Waals surface area contributed by atoms with Gasteiger partial charge in [-0.05, 0) is 32.2 Å². The van der Waals surface area contributed by atoms with Gasteiger partial charge in [0.25, 0.3) is 0 Å². The molecule has 0 N–H and O–H groups in total. The highest BCUT2D eigenvalue weighted by Gasteiger charge is 2.36. The second-order valence-electron chi connectivity index (χ2n) is 4.40. The number of nitrogens with zero attached hydrogens (tertiary/aromatic N) is 1. The summed E-state index contributed by atoms with van der Waals surface area (Å²) in [7, 11) is 0. The Morgan fingerprint density at radius 3 is 2.54 bits per heavy atom. The lowest BCUT2D eigenvalue weighted by atomic mass is 10.2. The monoisotopic (exact) mass is 181 g/mol. The van der Waals surface area contributed by atoms with Crippen LogP contribution in [-0.2, 0) is 4.79 Å². The minimum Gasteiger partial charge on any atom is -0.300 e. The van der Waals surface area contributed by atoms with Gasteiger partial charge in [0.15, 0.2) is 0 Å². The smallest absolute Gasteiger partial charge is 0.134 e. The number of ketones is 1. The van der Waals surface area contributed by atoms with E-state index in [-0.39, 0.29) is 0 Å². The fraction of sp³-hybridized carbons (Fsp3) is 0.909. The lowest BCUT2D eigenvalue weighted by Crippen LogP contribution is -2.36. The second kappa shape index (κ2) is 3.79. The summed E-state index contributed by atoms with van der Waals surface area (Å²) in [6.45, 7) is 3.43. The number of hydrogen-bond donors (Lipinski definition) is 0. The largest absolute Gasteiger partial charge is 0.300 e. The number of hydrogen-bond acceptors (Lipinski definition) is 2. The van der Waals surface area contributed by atoms with Crippen molar-refractivity contribution >= 4 is 5.78 Å². The summed E-state index contributed by atoms with van der Waals surface area (Å²) >= 11 is 0. The SMILES string of the molecule is CCCN(C1CC1)C1CCC(=O)C1. The molecule has 2 fully saturated rings. The van der Waals surface area contributed by atoms with Crippen molar-refractivity contribution < 1.29 is 4.79 Å². The molecular formula is C11H19NO. The summed E-state index contributed by atoms with van der Waals surface area (Å²) in [5.41, 5.74) is 0. The van der Waals surface area contributed by atoms with Gasteiger partial charge in [0, 0.05) is 24.9 Å². The van der Waals surface area contributed by atoms with E-state index in [1.165, 1.54) is 25.8 Å². The lowest BCUT2D eigenvalue weighted by Gasteiger charge is -2.27. The maximum atomic E-state index is 11.2. The van der Waals surface area contributed by atoms with Crippen molar-refractivity contribution in [1.82, 2.24) is 4.90 Å². The fourth-order valence-corrected chi connectivity index (χ4v) is 2.41. The predicted molar refractivity (Wildman–Crippen MR) is 52.7 cm³/mol. The minimum absolute atomic E-state index is 0.478. The zero-order valence-electron chi connectivity index (χ0n) is 8.46. The van der Waals surface area contributed by atoms with Crippen LogP contribution in [-0.4, -0.2) is 29.3 Å². The Hall–Kier alpha value is -0.370. The van der Waals surface area contributed by atoms with Gasteiger partial charge >= 0.3 is 0 Å². The topological polar surface area (TPSA) is 20.3 Å². The first-order valence-electron chi connectivity index (χ1n) is 5.58. The Morgan fingerprint density at radius 1 is 1.31 bits per heavy atom. The van der Waals surface area contributed by atoms with E-state index < -0.39 is 0 Å². The first kappa shape index (κ1) is 9.20. The van der Waals surface area contributed by atoms with Gasteiger partial charge in [0.05, 0.1) is 0 Å². The number of carbonyl (C=O) groups excluding carboxylic acids is 1. The Labute approximate surface area is 80.3 Å². The Morgan fingerprint density at radius 2 is 2.08 bits per heavy atom. The average molecular weight is 181 g/mol. The summed E-state index contributed by atoms with van der Waals surface area (Å²) in [6.07, 6.45) is 6.74. The van der Waals surface area contributed by atoms with Crippen LogP contribution >= 0.6 is 0 Å². The normalized spacial score (nSPS) is 28.8. The molecular weight excluding hydrogens is 162 g/mol. The van der Waals surface area contributed by atoms with Crippen molar-refractivity contribution in [2.24, 2.45) is 0 Å². The third-order valence-corrected chi connectivity index (χ3v) is 3.19. The molecule has 74 valence electrons. The third kappa shape index (κ3) is 2.11. The van der Waals surface area contributed by atoms with Crippen molar-refractivity contribution in [2.45, 2.75) is 57.5 Å². The van der Waals surface area contributed by atoms with E-state index in [4.69, 9.17) is 0 Å². The molecule has 2 saturated carbocycles. The molecule has 2 heteroatoms. The maximum absolute atomic E-state index is 11.2. The van der Waals surface area contributed by atoms with Gasteiger partial charge in [-0.3, -0.25) is 9.69 Å². The van der Waals surface area contributed by atoms with Gasteiger partial charge in [-0.1, -0.05) is 6.92 Å². The molecule has 0 saturated heterocycles. The first-order chi connectivity index (χ1) is 6.31. The Kier molecular flexibility index (Phi) is 2.68. The molecule has 0 heterocycles. The molecule has 2 aliphatic carbocycles.